The largest absolute Gasteiger partial charge is 0.465 e. The van der Waals surface area contributed by atoms with Gasteiger partial charge in [-0.3, -0.25) is 9.59 Å². The van der Waals surface area contributed by atoms with Crippen molar-refractivity contribution in [3.05, 3.63) is 60.7 Å². The van der Waals surface area contributed by atoms with Crippen molar-refractivity contribution in [1.29, 1.82) is 0 Å². The number of nitrogens with zero attached hydrogens (tertiary/aromatic N) is 3. The van der Waals surface area contributed by atoms with E-state index in [2.05, 4.69) is 5.32 Å². The van der Waals surface area contributed by atoms with Gasteiger partial charge in [-0.25, -0.2) is 4.79 Å². The third-order valence-corrected chi connectivity index (χ3v) is 5.84. The Morgan fingerprint density at radius 2 is 1.57 bits per heavy atom. The Bertz CT molecular complexity index is 927. The molecule has 3 amide bonds. The minimum atomic E-state index is -0.972. The van der Waals surface area contributed by atoms with Gasteiger partial charge in [-0.15, -0.1) is 0 Å². The van der Waals surface area contributed by atoms with Crippen LogP contribution in [0, 0.1) is 0 Å². The van der Waals surface area contributed by atoms with Crippen LogP contribution in [0.15, 0.2) is 60.7 Å². The van der Waals surface area contributed by atoms with Gasteiger partial charge in [0.25, 0.3) is 5.91 Å². The molecular formula is C22H24N4O4. The zero-order chi connectivity index (χ0) is 21.1. The first-order valence-corrected chi connectivity index (χ1v) is 9.94. The summed E-state index contributed by atoms with van der Waals surface area (Å²) in [6.45, 7) is 0.808. The molecule has 156 valence electrons. The maximum absolute atomic E-state index is 13.5. The molecule has 4 rings (SSSR count). The highest BCUT2D eigenvalue weighted by molar-refractivity contribution is 5.99. The maximum Gasteiger partial charge on any atom is 0.407 e. The molecule has 1 spiro atoms. The lowest BCUT2D eigenvalue weighted by Gasteiger charge is -2.42. The summed E-state index contributed by atoms with van der Waals surface area (Å²) in [5.74, 6) is -0.387. The molecule has 8 nitrogen and oxygen atoms in total. The maximum atomic E-state index is 13.5. The molecule has 0 aliphatic carbocycles. The summed E-state index contributed by atoms with van der Waals surface area (Å²) in [5.41, 5.74) is 0.736. The van der Waals surface area contributed by atoms with Gasteiger partial charge < -0.3 is 25.1 Å². The summed E-state index contributed by atoms with van der Waals surface area (Å²) in [4.78, 5) is 42.3. The third-order valence-electron chi connectivity index (χ3n) is 5.84. The molecule has 2 N–H and O–H groups in total. The predicted octanol–water partition coefficient (Wildman–Crippen LogP) is 2.44. The van der Waals surface area contributed by atoms with Gasteiger partial charge in [0, 0.05) is 24.5 Å². The highest BCUT2D eigenvalue weighted by Crippen LogP contribution is 2.39. The molecule has 0 unspecified atom stereocenters. The van der Waals surface area contributed by atoms with Crippen LogP contribution in [-0.2, 0) is 9.59 Å². The van der Waals surface area contributed by atoms with E-state index in [1.807, 2.05) is 53.4 Å². The molecule has 2 aromatic carbocycles. The number of carbonyl (C=O) groups is 3. The number of benzene rings is 2. The molecule has 0 atom stereocenters. The van der Waals surface area contributed by atoms with Crippen molar-refractivity contribution in [3.63, 3.8) is 0 Å². The van der Waals surface area contributed by atoms with E-state index in [9.17, 15) is 19.5 Å². The van der Waals surface area contributed by atoms with Crippen LogP contribution in [0.3, 0.4) is 0 Å². The number of likely N-dealkylation sites (tertiary alicyclic amines) is 1. The van der Waals surface area contributed by atoms with E-state index in [4.69, 9.17) is 0 Å². The van der Waals surface area contributed by atoms with Crippen molar-refractivity contribution in [2.45, 2.75) is 18.4 Å². The number of carbonyl (C=O) groups excluding carboxylic acids is 2. The zero-order valence-corrected chi connectivity index (χ0v) is 16.5. The van der Waals surface area contributed by atoms with Crippen molar-refractivity contribution < 1.29 is 19.5 Å². The summed E-state index contributed by atoms with van der Waals surface area (Å²) in [7, 11) is 0. The lowest BCUT2D eigenvalue weighted by molar-refractivity contribution is -0.136. The highest BCUT2D eigenvalue weighted by atomic mass is 16.4. The number of carboxylic acid groups (broad SMARTS) is 1. The first-order chi connectivity index (χ1) is 14.5. The van der Waals surface area contributed by atoms with Gasteiger partial charge in [-0.05, 0) is 37.1 Å². The van der Waals surface area contributed by atoms with Crippen molar-refractivity contribution in [2.75, 3.05) is 36.5 Å². The normalized spacial score (nSPS) is 18.0. The Hall–Kier alpha value is -3.55. The number of para-hydroxylation sites is 2. The molecule has 2 fully saturated rings. The zero-order valence-electron chi connectivity index (χ0n) is 16.5. The van der Waals surface area contributed by atoms with Crippen LogP contribution < -0.4 is 10.2 Å². The van der Waals surface area contributed by atoms with Crippen LogP contribution >= 0.6 is 0 Å². The molecule has 2 aromatic rings. The average Bonchev–Trinajstić information content (AvgIpc) is 3.01. The van der Waals surface area contributed by atoms with E-state index in [1.54, 1.807) is 17.0 Å². The Morgan fingerprint density at radius 1 is 0.967 bits per heavy atom. The van der Waals surface area contributed by atoms with Gasteiger partial charge in [-0.2, -0.15) is 0 Å². The summed E-state index contributed by atoms with van der Waals surface area (Å²) >= 11 is 0. The number of rotatable bonds is 4. The molecule has 0 saturated carbocycles. The molecule has 2 heterocycles. The second kappa shape index (κ2) is 8.06. The number of nitrogens with one attached hydrogen (secondary N) is 1. The van der Waals surface area contributed by atoms with Crippen molar-refractivity contribution >= 4 is 29.3 Å². The SMILES string of the molecule is O=C(CN1CN(c2ccccc2)C2(CCN(C(=O)O)CC2)C1=O)Nc1ccccc1. The van der Waals surface area contributed by atoms with Gasteiger partial charge in [0.1, 0.15) is 12.1 Å². The van der Waals surface area contributed by atoms with Gasteiger partial charge in [0.2, 0.25) is 5.91 Å². The van der Waals surface area contributed by atoms with E-state index in [1.165, 1.54) is 4.90 Å². The average molecular weight is 408 g/mol. The fourth-order valence-corrected chi connectivity index (χ4v) is 4.29. The molecular weight excluding hydrogens is 384 g/mol. The monoisotopic (exact) mass is 408 g/mol. The molecule has 2 aliphatic heterocycles. The smallest absolute Gasteiger partial charge is 0.407 e. The molecule has 0 aromatic heterocycles. The van der Waals surface area contributed by atoms with E-state index in [0.717, 1.165) is 5.69 Å². The van der Waals surface area contributed by atoms with E-state index >= 15 is 0 Å². The summed E-state index contributed by atoms with van der Waals surface area (Å²) < 4.78 is 0. The van der Waals surface area contributed by atoms with Crippen LogP contribution in [0.5, 0.6) is 0 Å². The van der Waals surface area contributed by atoms with E-state index in [0.29, 0.717) is 18.5 Å². The second-order valence-electron chi connectivity index (χ2n) is 7.62. The van der Waals surface area contributed by atoms with Crippen LogP contribution in [0.4, 0.5) is 16.2 Å². The predicted molar refractivity (Wildman–Crippen MR) is 112 cm³/mol. The molecule has 30 heavy (non-hydrogen) atoms. The molecule has 2 saturated heterocycles. The van der Waals surface area contributed by atoms with Gasteiger partial charge in [0.05, 0.1) is 6.67 Å². The number of hydrogen-bond acceptors (Lipinski definition) is 4. The van der Waals surface area contributed by atoms with Crippen molar-refractivity contribution in [1.82, 2.24) is 9.80 Å². The minimum Gasteiger partial charge on any atom is -0.465 e. The Morgan fingerprint density at radius 3 is 2.17 bits per heavy atom. The van der Waals surface area contributed by atoms with Gasteiger partial charge >= 0.3 is 6.09 Å². The summed E-state index contributed by atoms with van der Waals surface area (Å²) in [5, 5.41) is 12.1. The Balaban J connectivity index is 1.55. The number of anilines is 2. The van der Waals surface area contributed by atoms with Gasteiger partial charge in [0.15, 0.2) is 0 Å². The summed E-state index contributed by atoms with van der Waals surface area (Å²) in [6, 6.07) is 18.7. The molecule has 2 aliphatic rings. The number of amides is 3. The lowest BCUT2D eigenvalue weighted by Crippen LogP contribution is -2.57. The molecule has 0 radical (unpaired) electrons. The first kappa shape index (κ1) is 19.8. The molecule has 0 bridgehead atoms. The van der Waals surface area contributed by atoms with E-state index < -0.39 is 11.6 Å². The lowest BCUT2D eigenvalue weighted by atomic mass is 9.85. The number of hydrogen-bond donors (Lipinski definition) is 2. The van der Waals surface area contributed by atoms with Crippen LogP contribution in [0.25, 0.3) is 0 Å². The quantitative estimate of drug-likeness (QED) is 0.811. The van der Waals surface area contributed by atoms with Crippen LogP contribution in [0.2, 0.25) is 0 Å². The summed E-state index contributed by atoms with van der Waals surface area (Å²) in [6.07, 6.45) is -0.186. The number of piperidine rings is 1. The van der Waals surface area contributed by atoms with Crippen LogP contribution in [-0.4, -0.2) is 64.7 Å². The van der Waals surface area contributed by atoms with E-state index in [-0.39, 0.29) is 38.1 Å². The fraction of sp³-hybridized carbons (Fsp3) is 0.318. The first-order valence-electron chi connectivity index (χ1n) is 9.94. The Labute approximate surface area is 174 Å². The highest BCUT2D eigenvalue weighted by Gasteiger charge is 2.54. The van der Waals surface area contributed by atoms with Crippen molar-refractivity contribution in [3.8, 4) is 0 Å². The topological polar surface area (TPSA) is 93.2 Å². The fourth-order valence-electron chi connectivity index (χ4n) is 4.29. The Kier molecular flexibility index (Phi) is 5.31. The van der Waals surface area contributed by atoms with Crippen LogP contribution in [0.1, 0.15) is 12.8 Å². The van der Waals surface area contributed by atoms with Gasteiger partial charge in [-0.1, -0.05) is 36.4 Å². The molecule has 8 heteroatoms. The standard InChI is InChI=1S/C22H24N4O4/c27-19(23-17-7-3-1-4-8-17)15-25-16-26(18-9-5-2-6-10-18)22(20(25)28)11-13-24(14-12-22)21(29)30/h1-10H,11-16H2,(H,23,27)(H,29,30). The third kappa shape index (κ3) is 3.68. The second-order valence-corrected chi connectivity index (χ2v) is 7.62. The minimum absolute atomic E-state index is 0.0541. The van der Waals surface area contributed by atoms with Crippen molar-refractivity contribution in [2.24, 2.45) is 0 Å².